The quantitative estimate of drug-likeness (QED) is 0.174. The van der Waals surface area contributed by atoms with Crippen LogP contribution in [0.2, 0.25) is 0 Å². The van der Waals surface area contributed by atoms with Gasteiger partial charge in [0.15, 0.2) is 5.78 Å². The number of aliphatic hydroxyl groups is 1. The zero-order chi connectivity index (χ0) is 31.3. The first-order valence-electron chi connectivity index (χ1n) is 17.1. The van der Waals surface area contributed by atoms with Crippen molar-refractivity contribution in [2.45, 2.75) is 109 Å². The van der Waals surface area contributed by atoms with E-state index in [0.717, 1.165) is 74.3 Å². The van der Waals surface area contributed by atoms with E-state index in [4.69, 9.17) is 10.7 Å². The molecule has 1 aromatic carbocycles. The number of hydrogen-bond donors (Lipinski definition) is 2. The minimum atomic E-state index is -0.170. The molecule has 3 aliphatic rings. The molecule has 0 bridgehead atoms. The van der Waals surface area contributed by atoms with Crippen molar-refractivity contribution in [1.29, 1.82) is 0 Å². The smallest absolute Gasteiger partial charge is 0.181 e. The Bertz CT molecular complexity index is 1490. The van der Waals surface area contributed by atoms with Crippen LogP contribution in [0.25, 0.3) is 11.1 Å². The largest absolute Gasteiger partial charge is 0.393 e. The summed E-state index contributed by atoms with van der Waals surface area (Å²) in [5, 5.41) is 9.89. The molecule has 3 aromatic rings. The lowest BCUT2D eigenvalue weighted by Gasteiger charge is -2.36. The van der Waals surface area contributed by atoms with E-state index in [1.807, 2.05) is 24.5 Å². The van der Waals surface area contributed by atoms with Crippen molar-refractivity contribution in [3.63, 3.8) is 0 Å². The van der Waals surface area contributed by atoms with Crippen molar-refractivity contribution >= 4 is 17.2 Å². The Labute approximate surface area is 268 Å². The summed E-state index contributed by atoms with van der Waals surface area (Å²) in [5.41, 5.74) is 14.8. The zero-order valence-corrected chi connectivity index (χ0v) is 27.0. The zero-order valence-electron chi connectivity index (χ0n) is 27.0. The highest BCUT2D eigenvalue weighted by Gasteiger charge is 2.32. The van der Waals surface area contributed by atoms with Crippen molar-refractivity contribution in [2.75, 3.05) is 13.1 Å². The molecular weight excluding hydrogens is 558 g/mol. The number of aromatic nitrogens is 2. The van der Waals surface area contributed by atoms with Crippen LogP contribution in [0, 0.1) is 5.92 Å². The van der Waals surface area contributed by atoms with Gasteiger partial charge in [0.05, 0.1) is 18.0 Å². The highest BCUT2D eigenvalue weighted by atomic mass is 16.3. The normalized spacial score (nSPS) is 22.4. The lowest BCUT2D eigenvalue weighted by molar-refractivity contribution is 0.0792. The number of nitrogens with zero attached hydrogens (tertiary/aromatic N) is 4. The molecule has 2 aliphatic carbocycles. The summed E-state index contributed by atoms with van der Waals surface area (Å²) in [6.45, 7) is 6.98. The number of nitrogens with two attached hydrogens (primary N) is 1. The molecule has 0 amide bonds. The fourth-order valence-corrected chi connectivity index (χ4v) is 7.35. The van der Waals surface area contributed by atoms with Crippen molar-refractivity contribution in [3.05, 3.63) is 77.4 Å². The van der Waals surface area contributed by atoms with E-state index >= 15 is 0 Å². The molecule has 0 radical (unpaired) electrons. The van der Waals surface area contributed by atoms with Gasteiger partial charge in [-0.3, -0.25) is 24.7 Å². The van der Waals surface area contributed by atoms with Gasteiger partial charge in [-0.1, -0.05) is 50.8 Å². The molecule has 238 valence electrons. The number of ketones is 1. The summed E-state index contributed by atoms with van der Waals surface area (Å²) in [7, 11) is 0. The molecule has 3 atom stereocenters. The Morgan fingerprint density at radius 1 is 1.00 bits per heavy atom. The van der Waals surface area contributed by atoms with Crippen molar-refractivity contribution in [1.82, 2.24) is 14.9 Å². The molecule has 1 aliphatic heterocycles. The van der Waals surface area contributed by atoms with Gasteiger partial charge in [0, 0.05) is 61.7 Å². The second-order valence-corrected chi connectivity index (χ2v) is 13.8. The van der Waals surface area contributed by atoms with Crippen LogP contribution >= 0.6 is 0 Å². The van der Waals surface area contributed by atoms with E-state index in [1.165, 1.54) is 42.4 Å². The summed E-state index contributed by atoms with van der Waals surface area (Å²) in [4.78, 5) is 29.2. The number of carbonyl (C=O) groups excluding carboxylic acids is 1. The molecule has 3 N–H and O–H groups in total. The van der Waals surface area contributed by atoms with Gasteiger partial charge in [0.25, 0.3) is 0 Å². The molecule has 6 rings (SSSR count). The van der Waals surface area contributed by atoms with E-state index < -0.39 is 0 Å². The first kappa shape index (κ1) is 31.7. The van der Waals surface area contributed by atoms with Gasteiger partial charge in [-0.2, -0.15) is 0 Å². The predicted molar refractivity (Wildman–Crippen MR) is 181 cm³/mol. The van der Waals surface area contributed by atoms with Crippen LogP contribution in [-0.2, 0) is 6.54 Å². The van der Waals surface area contributed by atoms with Crippen LogP contribution in [0.3, 0.4) is 0 Å². The van der Waals surface area contributed by atoms with Gasteiger partial charge in [-0.15, -0.1) is 0 Å². The first-order chi connectivity index (χ1) is 21.8. The molecule has 3 heterocycles. The second-order valence-electron chi connectivity index (χ2n) is 13.8. The molecule has 45 heavy (non-hydrogen) atoms. The lowest BCUT2D eigenvalue weighted by atomic mass is 9.72. The van der Waals surface area contributed by atoms with E-state index in [9.17, 15) is 9.90 Å². The van der Waals surface area contributed by atoms with Gasteiger partial charge in [0.2, 0.25) is 0 Å². The number of carbonyl (C=O) groups is 1. The number of aliphatic imine (C=N–C) groups is 1. The van der Waals surface area contributed by atoms with Gasteiger partial charge >= 0.3 is 0 Å². The lowest BCUT2D eigenvalue weighted by Crippen LogP contribution is -2.38. The van der Waals surface area contributed by atoms with Crippen LogP contribution in [0.5, 0.6) is 0 Å². The Morgan fingerprint density at radius 3 is 2.49 bits per heavy atom. The van der Waals surface area contributed by atoms with E-state index in [1.54, 1.807) is 6.20 Å². The molecule has 2 aromatic heterocycles. The average Bonchev–Trinajstić information content (AvgIpc) is 3.58. The minimum absolute atomic E-state index is 0.0800. The molecule has 1 saturated heterocycles. The summed E-state index contributed by atoms with van der Waals surface area (Å²) in [5.74, 6) is 1.28. The van der Waals surface area contributed by atoms with Crippen LogP contribution in [0.1, 0.15) is 117 Å². The molecule has 0 spiro atoms. The molecule has 2 saturated carbocycles. The number of Topliss-reactive ketones (excluding diaryl/α,β-unsaturated/α-hetero) is 1. The standard InChI is InChI=1S/C38H49N5O2/c1-25(26(2)42-31-9-13-37(41-23-31)38(45)14-7-27-5-3-4-6-27)35-20-29(8-10-33(35)34-11-12-36(34)39)30-19-28(21-40-22-30)24-43-17-15-32(44)16-18-43/h8-10,13,19-23,25,27,32,34,36,44H,3-7,11-12,14-18,24,39H2,1-2H3. The molecule has 3 fully saturated rings. The topological polar surface area (TPSA) is 105 Å². The van der Waals surface area contributed by atoms with Gasteiger partial charge in [0.1, 0.15) is 5.69 Å². The highest BCUT2D eigenvalue weighted by molar-refractivity contribution is 5.95. The highest BCUT2D eigenvalue weighted by Crippen LogP contribution is 2.41. The van der Waals surface area contributed by atoms with Crippen LogP contribution in [-0.4, -0.2) is 56.7 Å². The molecular formula is C38H49N5O2. The number of hydrogen-bond acceptors (Lipinski definition) is 7. The van der Waals surface area contributed by atoms with Crippen molar-refractivity contribution in [2.24, 2.45) is 16.6 Å². The summed E-state index contributed by atoms with van der Waals surface area (Å²) in [6, 6.07) is 13.0. The number of aliphatic hydroxyl groups excluding tert-OH is 1. The first-order valence-corrected chi connectivity index (χ1v) is 17.1. The maximum absolute atomic E-state index is 12.7. The van der Waals surface area contributed by atoms with Crippen LogP contribution < -0.4 is 5.73 Å². The minimum Gasteiger partial charge on any atom is -0.393 e. The van der Waals surface area contributed by atoms with Gasteiger partial charge in [-0.25, -0.2) is 0 Å². The summed E-state index contributed by atoms with van der Waals surface area (Å²) >= 11 is 0. The summed E-state index contributed by atoms with van der Waals surface area (Å²) < 4.78 is 0. The van der Waals surface area contributed by atoms with Crippen LogP contribution in [0.15, 0.2) is 60.0 Å². The number of likely N-dealkylation sites (tertiary alicyclic amines) is 1. The predicted octanol–water partition coefficient (Wildman–Crippen LogP) is 7.35. The van der Waals surface area contributed by atoms with E-state index in [0.29, 0.717) is 24.0 Å². The van der Waals surface area contributed by atoms with Gasteiger partial charge < -0.3 is 10.8 Å². The Hall–Kier alpha value is -3.26. The average molecular weight is 608 g/mol. The Kier molecular flexibility index (Phi) is 10.2. The maximum Gasteiger partial charge on any atom is 0.181 e. The fourth-order valence-electron chi connectivity index (χ4n) is 7.35. The number of pyridine rings is 2. The Morgan fingerprint density at radius 2 is 1.80 bits per heavy atom. The number of piperidine rings is 1. The Balaban J connectivity index is 1.19. The molecule has 7 heteroatoms. The number of benzene rings is 1. The number of rotatable bonds is 11. The molecule has 7 nitrogen and oxygen atoms in total. The van der Waals surface area contributed by atoms with Crippen molar-refractivity contribution < 1.29 is 9.90 Å². The van der Waals surface area contributed by atoms with Gasteiger partial charge in [-0.05, 0) is 91.3 Å². The third-order valence-corrected chi connectivity index (χ3v) is 10.6. The maximum atomic E-state index is 12.7. The van der Waals surface area contributed by atoms with Crippen LogP contribution in [0.4, 0.5) is 5.69 Å². The third kappa shape index (κ3) is 7.76. The van der Waals surface area contributed by atoms with Crippen molar-refractivity contribution in [3.8, 4) is 11.1 Å². The van der Waals surface area contributed by atoms with E-state index in [-0.39, 0.29) is 23.8 Å². The molecule has 3 unspecified atom stereocenters. The summed E-state index contributed by atoms with van der Waals surface area (Å²) in [6.07, 6.45) is 16.0. The SMILES string of the molecule is CC(=Nc1ccc(C(=O)CCC2CCCC2)nc1)C(C)c1cc(-c2cncc(CN3CCC(O)CC3)c2)ccc1C1CCC1N. The van der Waals surface area contributed by atoms with E-state index in [2.05, 4.69) is 53.0 Å². The monoisotopic (exact) mass is 607 g/mol. The fraction of sp³-hybridized carbons (Fsp3) is 0.526. The third-order valence-electron chi connectivity index (χ3n) is 10.6. The second kappa shape index (κ2) is 14.4.